The number of carbonyl (C=O) groups is 2. The van der Waals surface area contributed by atoms with E-state index in [1.807, 2.05) is 45.9 Å². The molecule has 3 aliphatic rings. The summed E-state index contributed by atoms with van der Waals surface area (Å²) in [5.74, 6) is 1.32. The zero-order chi connectivity index (χ0) is 28.3. The number of nitrogens with zero attached hydrogens (tertiary/aromatic N) is 1. The fourth-order valence-electron chi connectivity index (χ4n) is 5.78. The van der Waals surface area contributed by atoms with E-state index in [-0.39, 0.29) is 5.78 Å². The molecule has 1 aliphatic heterocycles. The summed E-state index contributed by atoms with van der Waals surface area (Å²) in [5, 5.41) is 11.4. The molecule has 1 aromatic heterocycles. The van der Waals surface area contributed by atoms with Gasteiger partial charge in [-0.15, -0.1) is 0 Å². The van der Waals surface area contributed by atoms with Gasteiger partial charge in [-0.05, 0) is 92.8 Å². The van der Waals surface area contributed by atoms with Crippen molar-refractivity contribution in [1.29, 1.82) is 0 Å². The van der Waals surface area contributed by atoms with Gasteiger partial charge in [0.05, 0.1) is 11.7 Å². The van der Waals surface area contributed by atoms with Gasteiger partial charge in [-0.2, -0.15) is 5.10 Å². The molecule has 1 atom stereocenters. The van der Waals surface area contributed by atoms with Crippen LogP contribution >= 0.6 is 22.6 Å². The fraction of sp³-hybridized carbons (Fsp3) is 0.344. The maximum absolute atomic E-state index is 13.4. The van der Waals surface area contributed by atoms with Gasteiger partial charge in [0.2, 0.25) is 0 Å². The molecule has 2 heterocycles. The third kappa shape index (κ3) is 4.66. The predicted molar refractivity (Wildman–Crippen MR) is 163 cm³/mol. The summed E-state index contributed by atoms with van der Waals surface area (Å²) in [5.41, 5.74) is 2.90. The molecule has 8 heteroatoms. The Morgan fingerprint density at radius 3 is 2.55 bits per heavy atom. The van der Waals surface area contributed by atoms with E-state index in [9.17, 15) is 9.59 Å². The highest BCUT2D eigenvalue weighted by molar-refractivity contribution is 14.1. The van der Waals surface area contributed by atoms with E-state index in [1.54, 1.807) is 12.3 Å². The van der Waals surface area contributed by atoms with Crippen molar-refractivity contribution in [2.45, 2.75) is 64.5 Å². The van der Waals surface area contributed by atoms with Gasteiger partial charge in [0.1, 0.15) is 22.3 Å². The predicted octanol–water partition coefficient (Wildman–Crippen LogP) is 7.28. The van der Waals surface area contributed by atoms with Crippen molar-refractivity contribution in [1.82, 2.24) is 15.5 Å². The first kappa shape index (κ1) is 26.8. The molecule has 1 fully saturated rings. The second kappa shape index (κ2) is 9.61. The van der Waals surface area contributed by atoms with Gasteiger partial charge in [0.25, 0.3) is 0 Å². The van der Waals surface area contributed by atoms with Gasteiger partial charge in [0, 0.05) is 26.5 Å². The van der Waals surface area contributed by atoms with Crippen LogP contribution in [0.2, 0.25) is 0 Å². The standard InChI is InChI=1S/C32H32IN3O4/c1-30(2,3)40-29(38)35-32(14-5-15-32)22-10-8-19(9-11-22)24-16-20-6-7-21-18-34-36-26(21)27(20)39-28(24)31(4)17-23(33)12-13-25(31)37/h6-13,17-18H,5,14-16H2,1-4H3,(H,34,36)(H,35,38). The number of alkyl carbamates (subject to hydrolysis) is 1. The van der Waals surface area contributed by atoms with E-state index in [1.165, 1.54) is 0 Å². The highest BCUT2D eigenvalue weighted by atomic mass is 127. The summed E-state index contributed by atoms with van der Waals surface area (Å²) in [6.45, 7) is 7.52. The Hall–Kier alpha value is -3.40. The average molecular weight is 650 g/mol. The van der Waals surface area contributed by atoms with Crippen molar-refractivity contribution in [2.75, 3.05) is 0 Å². The number of allylic oxidation sites excluding steroid dienone is 5. The molecular weight excluding hydrogens is 617 g/mol. The molecule has 0 radical (unpaired) electrons. The number of carbonyl (C=O) groups excluding carboxylic acids is 2. The first-order valence-corrected chi connectivity index (χ1v) is 14.6. The van der Waals surface area contributed by atoms with Gasteiger partial charge in [-0.1, -0.05) is 42.5 Å². The van der Waals surface area contributed by atoms with Crippen molar-refractivity contribution in [3.05, 3.63) is 86.9 Å². The normalized spacial score (nSPS) is 21.8. The average Bonchev–Trinajstić information content (AvgIpc) is 3.36. The van der Waals surface area contributed by atoms with Crippen LogP contribution in [0.15, 0.2) is 70.2 Å². The lowest BCUT2D eigenvalue weighted by atomic mass is 9.71. The Morgan fingerprint density at radius 2 is 1.88 bits per heavy atom. The van der Waals surface area contributed by atoms with E-state index in [2.05, 4.69) is 68.4 Å². The quantitative estimate of drug-likeness (QED) is 0.290. The topological polar surface area (TPSA) is 93.3 Å². The zero-order valence-electron chi connectivity index (χ0n) is 23.1. The number of hydrogen-bond acceptors (Lipinski definition) is 5. The van der Waals surface area contributed by atoms with E-state index in [0.717, 1.165) is 56.0 Å². The second-order valence-electron chi connectivity index (χ2n) is 12.0. The number of hydrogen-bond donors (Lipinski definition) is 2. The number of H-pyrrole nitrogens is 1. The summed E-state index contributed by atoms with van der Waals surface area (Å²) < 4.78 is 13.2. The third-order valence-electron chi connectivity index (χ3n) is 8.03. The second-order valence-corrected chi connectivity index (χ2v) is 13.3. The molecule has 7 nitrogen and oxygen atoms in total. The minimum absolute atomic E-state index is 0.0211. The van der Waals surface area contributed by atoms with E-state index < -0.39 is 22.6 Å². The van der Waals surface area contributed by atoms with Gasteiger partial charge in [0.15, 0.2) is 11.5 Å². The van der Waals surface area contributed by atoms with Crippen LogP contribution in [0, 0.1) is 5.41 Å². The van der Waals surface area contributed by atoms with E-state index in [0.29, 0.717) is 17.9 Å². The largest absolute Gasteiger partial charge is 0.457 e. The Labute approximate surface area is 247 Å². The van der Waals surface area contributed by atoms with Gasteiger partial charge < -0.3 is 14.8 Å². The Balaban J connectivity index is 1.40. The molecule has 40 heavy (non-hydrogen) atoms. The smallest absolute Gasteiger partial charge is 0.408 e. The number of aromatic nitrogens is 2. The van der Waals surface area contributed by atoms with Crippen LogP contribution in [0.1, 0.15) is 63.6 Å². The van der Waals surface area contributed by atoms with Gasteiger partial charge in [-0.25, -0.2) is 4.79 Å². The summed E-state index contributed by atoms with van der Waals surface area (Å²) in [6.07, 6.45) is 10.2. The van der Waals surface area contributed by atoms with Crippen LogP contribution in [-0.4, -0.2) is 27.7 Å². The molecule has 6 rings (SSSR count). The molecule has 3 aromatic rings. The number of ether oxygens (including phenoxy) is 2. The lowest BCUT2D eigenvalue weighted by Gasteiger charge is -2.43. The number of ketones is 1. The number of halogens is 1. The minimum Gasteiger partial charge on any atom is -0.457 e. The number of fused-ring (bicyclic) bond motifs is 3. The number of amides is 1. The highest BCUT2D eigenvalue weighted by Gasteiger charge is 2.43. The molecule has 2 N–H and O–H groups in total. The lowest BCUT2D eigenvalue weighted by Crippen LogP contribution is -2.52. The van der Waals surface area contributed by atoms with Crippen LogP contribution in [-0.2, 0) is 21.5 Å². The number of nitrogens with one attached hydrogen (secondary N) is 2. The van der Waals surface area contributed by atoms with Gasteiger partial charge in [-0.3, -0.25) is 9.89 Å². The van der Waals surface area contributed by atoms with E-state index in [4.69, 9.17) is 9.47 Å². The monoisotopic (exact) mass is 649 g/mol. The molecule has 1 unspecified atom stereocenters. The molecule has 206 valence electrons. The van der Waals surface area contributed by atoms with Crippen LogP contribution in [0.4, 0.5) is 4.79 Å². The summed E-state index contributed by atoms with van der Waals surface area (Å²) >= 11 is 2.25. The maximum atomic E-state index is 13.4. The molecule has 2 aromatic carbocycles. The fourth-order valence-corrected chi connectivity index (χ4v) is 6.58. The zero-order valence-corrected chi connectivity index (χ0v) is 25.2. The van der Waals surface area contributed by atoms with Crippen LogP contribution in [0.5, 0.6) is 5.75 Å². The van der Waals surface area contributed by atoms with Crippen molar-refractivity contribution in [2.24, 2.45) is 5.41 Å². The van der Waals surface area contributed by atoms with Crippen LogP contribution in [0.3, 0.4) is 0 Å². The van der Waals surface area contributed by atoms with Crippen molar-refractivity contribution in [3.8, 4) is 5.75 Å². The summed E-state index contributed by atoms with van der Waals surface area (Å²) in [4.78, 5) is 26.0. The van der Waals surface area contributed by atoms with Crippen molar-refractivity contribution >= 4 is 50.9 Å². The minimum atomic E-state index is -0.952. The molecule has 1 saturated carbocycles. The Morgan fingerprint density at radius 1 is 1.12 bits per heavy atom. The molecule has 2 aliphatic carbocycles. The highest BCUT2D eigenvalue weighted by Crippen LogP contribution is 2.48. The van der Waals surface area contributed by atoms with E-state index >= 15 is 0 Å². The Bertz CT molecular complexity index is 1620. The van der Waals surface area contributed by atoms with Crippen LogP contribution in [0.25, 0.3) is 16.5 Å². The van der Waals surface area contributed by atoms with Crippen LogP contribution < -0.4 is 10.1 Å². The molecule has 1 amide bonds. The SMILES string of the molecule is CC(C)(C)OC(=O)NC1(c2ccc(C3=C(C4(C)C=C(I)C=CC4=O)Oc4c(ccc5cn[nH]c45)C3)cc2)CCC1. The maximum Gasteiger partial charge on any atom is 0.408 e. The van der Waals surface area contributed by atoms with Crippen molar-refractivity contribution < 1.29 is 19.1 Å². The van der Waals surface area contributed by atoms with Gasteiger partial charge >= 0.3 is 6.09 Å². The third-order valence-corrected chi connectivity index (χ3v) is 8.71. The molecule has 0 spiro atoms. The molecular formula is C32H32IN3O4. The number of aromatic amines is 1. The molecule has 0 bridgehead atoms. The number of rotatable bonds is 4. The first-order chi connectivity index (χ1) is 19.0. The Kier molecular flexibility index (Phi) is 6.44. The molecule has 0 saturated heterocycles. The lowest BCUT2D eigenvalue weighted by molar-refractivity contribution is -0.120. The summed E-state index contributed by atoms with van der Waals surface area (Å²) in [7, 11) is 0. The number of benzene rings is 2. The van der Waals surface area contributed by atoms with Crippen molar-refractivity contribution in [3.63, 3.8) is 0 Å². The summed E-state index contributed by atoms with van der Waals surface area (Å²) in [6, 6.07) is 12.4. The first-order valence-electron chi connectivity index (χ1n) is 13.6.